The van der Waals surface area contributed by atoms with Crippen molar-refractivity contribution < 1.29 is 9.59 Å². The maximum Gasteiger partial charge on any atom is 0.251 e. The molecule has 1 saturated heterocycles. The van der Waals surface area contributed by atoms with Crippen molar-refractivity contribution in [1.82, 2.24) is 15.5 Å². The van der Waals surface area contributed by atoms with E-state index in [1.54, 1.807) is 19.2 Å². The number of benzene rings is 1. The molecule has 0 aromatic heterocycles. The maximum absolute atomic E-state index is 12.0. The molecule has 0 bridgehead atoms. The van der Waals surface area contributed by atoms with Crippen molar-refractivity contribution in [2.24, 2.45) is 0 Å². The van der Waals surface area contributed by atoms with E-state index in [1.807, 2.05) is 23.1 Å². The smallest absolute Gasteiger partial charge is 0.251 e. The number of nitrogens with zero attached hydrogens (tertiary/aromatic N) is 1. The predicted octanol–water partition coefficient (Wildman–Crippen LogP) is 1.05. The highest BCUT2D eigenvalue weighted by molar-refractivity contribution is 5.94. The summed E-state index contributed by atoms with van der Waals surface area (Å²) < 4.78 is 0. The minimum Gasteiger partial charge on any atom is -0.349 e. The molecule has 1 aliphatic rings. The summed E-state index contributed by atoms with van der Waals surface area (Å²) >= 11 is 0. The lowest BCUT2D eigenvalue weighted by Crippen LogP contribution is -2.48. The van der Waals surface area contributed by atoms with Crippen molar-refractivity contribution >= 4 is 24.2 Å². The second kappa shape index (κ2) is 8.64. The Hall–Kier alpha value is -1.59. The molecule has 5 nitrogen and oxygen atoms in total. The average molecular weight is 312 g/mol. The molecule has 21 heavy (non-hydrogen) atoms. The van der Waals surface area contributed by atoms with Crippen LogP contribution in [0.1, 0.15) is 23.2 Å². The number of halogens is 1. The molecule has 0 atom stereocenters. The van der Waals surface area contributed by atoms with Crippen LogP contribution in [0, 0.1) is 0 Å². The number of piperidine rings is 1. The first-order valence-electron chi connectivity index (χ1n) is 6.99. The number of rotatable bonds is 4. The number of likely N-dealkylation sites (N-methyl/N-ethyl adjacent to an activating group) is 1. The van der Waals surface area contributed by atoms with Crippen LogP contribution in [-0.4, -0.2) is 49.4 Å². The SMILES string of the molecule is CNCC(=O)N1CCC(NC(=O)c2ccccc2)CC1.Cl. The zero-order valence-corrected chi connectivity index (χ0v) is 13.0. The summed E-state index contributed by atoms with van der Waals surface area (Å²) in [5.41, 5.74) is 0.682. The third-order valence-corrected chi connectivity index (χ3v) is 3.55. The number of amides is 2. The topological polar surface area (TPSA) is 61.4 Å². The predicted molar refractivity (Wildman–Crippen MR) is 84.7 cm³/mol. The van der Waals surface area contributed by atoms with Gasteiger partial charge < -0.3 is 15.5 Å². The first-order valence-corrected chi connectivity index (χ1v) is 6.99. The molecule has 6 heteroatoms. The molecule has 0 spiro atoms. The van der Waals surface area contributed by atoms with E-state index in [1.165, 1.54) is 0 Å². The Morgan fingerprint density at radius 3 is 2.38 bits per heavy atom. The summed E-state index contributed by atoms with van der Waals surface area (Å²) in [5.74, 6) is 0.0888. The van der Waals surface area contributed by atoms with Crippen LogP contribution in [0.3, 0.4) is 0 Å². The molecule has 1 fully saturated rings. The molecule has 0 radical (unpaired) electrons. The quantitative estimate of drug-likeness (QED) is 0.874. The normalized spacial score (nSPS) is 15.2. The van der Waals surface area contributed by atoms with Crippen molar-refractivity contribution in [3.05, 3.63) is 35.9 Å². The monoisotopic (exact) mass is 311 g/mol. The molecule has 0 saturated carbocycles. The third-order valence-electron chi connectivity index (χ3n) is 3.55. The van der Waals surface area contributed by atoms with Crippen LogP contribution in [-0.2, 0) is 4.79 Å². The largest absolute Gasteiger partial charge is 0.349 e. The van der Waals surface area contributed by atoms with Crippen LogP contribution < -0.4 is 10.6 Å². The van der Waals surface area contributed by atoms with Crippen LogP contribution in [0.4, 0.5) is 0 Å². The van der Waals surface area contributed by atoms with Gasteiger partial charge in [0.25, 0.3) is 5.91 Å². The van der Waals surface area contributed by atoms with E-state index in [0.717, 1.165) is 12.8 Å². The van der Waals surface area contributed by atoms with E-state index in [-0.39, 0.29) is 30.3 Å². The number of hydrogen-bond donors (Lipinski definition) is 2. The Morgan fingerprint density at radius 2 is 1.81 bits per heavy atom. The first kappa shape index (κ1) is 17.5. The van der Waals surface area contributed by atoms with Crippen LogP contribution in [0.15, 0.2) is 30.3 Å². The minimum absolute atomic E-state index is 0. The molecular formula is C15H22ClN3O2. The van der Waals surface area contributed by atoms with Gasteiger partial charge in [0, 0.05) is 24.7 Å². The van der Waals surface area contributed by atoms with Crippen molar-refractivity contribution in [3.8, 4) is 0 Å². The van der Waals surface area contributed by atoms with Gasteiger partial charge in [0.1, 0.15) is 0 Å². The summed E-state index contributed by atoms with van der Waals surface area (Å²) in [4.78, 5) is 25.6. The Bertz CT molecular complexity index is 459. The summed E-state index contributed by atoms with van der Waals surface area (Å²) in [6.07, 6.45) is 1.63. The minimum atomic E-state index is -0.0365. The fraction of sp³-hybridized carbons (Fsp3) is 0.467. The zero-order chi connectivity index (χ0) is 14.4. The molecule has 1 aliphatic heterocycles. The molecule has 116 valence electrons. The van der Waals surface area contributed by atoms with E-state index in [0.29, 0.717) is 25.2 Å². The molecule has 2 N–H and O–H groups in total. The van der Waals surface area contributed by atoms with E-state index in [4.69, 9.17) is 0 Å². The highest BCUT2D eigenvalue weighted by Crippen LogP contribution is 2.11. The molecule has 2 rings (SSSR count). The highest BCUT2D eigenvalue weighted by atomic mass is 35.5. The fourth-order valence-electron chi connectivity index (χ4n) is 2.39. The molecule has 2 amide bonds. The lowest BCUT2D eigenvalue weighted by atomic mass is 10.0. The molecule has 1 aromatic carbocycles. The average Bonchev–Trinajstić information content (AvgIpc) is 2.49. The maximum atomic E-state index is 12.0. The molecule has 0 unspecified atom stereocenters. The van der Waals surface area contributed by atoms with Gasteiger partial charge in [-0.15, -0.1) is 12.4 Å². The summed E-state index contributed by atoms with van der Waals surface area (Å²) in [5, 5.41) is 5.90. The van der Waals surface area contributed by atoms with Gasteiger partial charge in [-0.1, -0.05) is 18.2 Å². The van der Waals surface area contributed by atoms with E-state index >= 15 is 0 Å². The summed E-state index contributed by atoms with van der Waals surface area (Å²) in [6.45, 7) is 1.79. The van der Waals surface area contributed by atoms with E-state index in [2.05, 4.69) is 10.6 Å². The van der Waals surface area contributed by atoms with E-state index in [9.17, 15) is 9.59 Å². The lowest BCUT2D eigenvalue weighted by molar-refractivity contribution is -0.131. The lowest BCUT2D eigenvalue weighted by Gasteiger charge is -2.32. The number of hydrogen-bond acceptors (Lipinski definition) is 3. The molecular weight excluding hydrogens is 290 g/mol. The second-order valence-corrected chi connectivity index (χ2v) is 5.02. The van der Waals surface area contributed by atoms with Crippen LogP contribution in [0.5, 0.6) is 0 Å². The Morgan fingerprint density at radius 1 is 1.19 bits per heavy atom. The van der Waals surface area contributed by atoms with Crippen LogP contribution in [0.25, 0.3) is 0 Å². The number of likely N-dealkylation sites (tertiary alicyclic amines) is 1. The Labute approximate surface area is 131 Å². The van der Waals surface area contributed by atoms with Gasteiger partial charge in [0.2, 0.25) is 5.91 Å². The first-order chi connectivity index (χ1) is 9.70. The number of nitrogens with one attached hydrogen (secondary N) is 2. The molecule has 1 aromatic rings. The van der Waals surface area contributed by atoms with Gasteiger partial charge in [0.05, 0.1) is 6.54 Å². The summed E-state index contributed by atoms with van der Waals surface area (Å²) in [7, 11) is 1.77. The third kappa shape index (κ3) is 5.02. The van der Waals surface area contributed by atoms with Crippen molar-refractivity contribution in [1.29, 1.82) is 0 Å². The van der Waals surface area contributed by atoms with Crippen molar-refractivity contribution in [3.63, 3.8) is 0 Å². The van der Waals surface area contributed by atoms with Gasteiger partial charge in [-0.25, -0.2) is 0 Å². The number of carbonyl (C=O) groups is 2. The van der Waals surface area contributed by atoms with Gasteiger partial charge in [-0.3, -0.25) is 9.59 Å². The Balaban J connectivity index is 0.00000220. The van der Waals surface area contributed by atoms with Gasteiger partial charge in [-0.05, 0) is 32.0 Å². The highest BCUT2D eigenvalue weighted by Gasteiger charge is 2.23. The fourth-order valence-corrected chi connectivity index (χ4v) is 2.39. The van der Waals surface area contributed by atoms with Gasteiger partial charge >= 0.3 is 0 Å². The van der Waals surface area contributed by atoms with Gasteiger partial charge in [-0.2, -0.15) is 0 Å². The van der Waals surface area contributed by atoms with Crippen LogP contribution in [0.2, 0.25) is 0 Å². The van der Waals surface area contributed by atoms with E-state index < -0.39 is 0 Å². The molecule has 1 heterocycles. The second-order valence-electron chi connectivity index (χ2n) is 5.02. The number of carbonyl (C=O) groups excluding carboxylic acids is 2. The summed E-state index contributed by atoms with van der Waals surface area (Å²) in [6, 6.07) is 9.37. The molecule has 0 aliphatic carbocycles. The Kier molecular flexibility index (Phi) is 7.19. The van der Waals surface area contributed by atoms with Gasteiger partial charge in [0.15, 0.2) is 0 Å². The zero-order valence-electron chi connectivity index (χ0n) is 12.2. The van der Waals surface area contributed by atoms with Crippen LogP contribution >= 0.6 is 12.4 Å². The standard InChI is InChI=1S/C15H21N3O2.ClH/c1-16-11-14(19)18-9-7-13(8-10-18)17-15(20)12-5-3-2-4-6-12;/h2-6,13,16H,7-11H2,1H3,(H,17,20);1H. The van der Waals surface area contributed by atoms with Crippen molar-refractivity contribution in [2.75, 3.05) is 26.7 Å². The van der Waals surface area contributed by atoms with Crippen molar-refractivity contribution in [2.45, 2.75) is 18.9 Å².